The highest BCUT2D eigenvalue weighted by Crippen LogP contribution is 2.54. The van der Waals surface area contributed by atoms with Crippen LogP contribution in [0.1, 0.15) is 34.1 Å². The molecule has 146 valence electrons. The van der Waals surface area contributed by atoms with Crippen molar-refractivity contribution < 1.29 is 9.59 Å². The van der Waals surface area contributed by atoms with E-state index in [2.05, 4.69) is 15.6 Å². The topological polar surface area (TPSA) is 74.3 Å². The zero-order chi connectivity index (χ0) is 20.0. The van der Waals surface area contributed by atoms with E-state index in [0.717, 1.165) is 16.8 Å². The van der Waals surface area contributed by atoms with Crippen molar-refractivity contribution >= 4 is 34.0 Å². The van der Waals surface area contributed by atoms with Crippen LogP contribution >= 0.6 is 11.3 Å². The van der Waals surface area contributed by atoms with Crippen LogP contribution in [0.5, 0.6) is 0 Å². The molecular formula is C22H20N4O2S. The van der Waals surface area contributed by atoms with Crippen LogP contribution in [0.2, 0.25) is 0 Å². The number of carbonyl (C=O) groups excluding carboxylic acids is 2. The molecule has 7 heteroatoms. The molecule has 0 bridgehead atoms. The molecule has 6 nitrogen and oxygen atoms in total. The van der Waals surface area contributed by atoms with Gasteiger partial charge in [-0.05, 0) is 23.6 Å². The fourth-order valence-corrected chi connectivity index (χ4v) is 5.28. The zero-order valence-corrected chi connectivity index (χ0v) is 16.7. The van der Waals surface area contributed by atoms with E-state index in [4.69, 9.17) is 0 Å². The predicted octanol–water partition coefficient (Wildman–Crippen LogP) is 3.66. The molecular weight excluding hydrogens is 384 g/mol. The average molecular weight is 404 g/mol. The maximum Gasteiger partial charge on any atom is 0.273 e. The largest absolute Gasteiger partial charge is 0.365 e. The summed E-state index contributed by atoms with van der Waals surface area (Å²) in [5, 5.41) is 8.48. The van der Waals surface area contributed by atoms with Gasteiger partial charge < -0.3 is 15.5 Å². The molecule has 2 amide bonds. The number of likely N-dealkylation sites (tertiary alicyclic amines) is 1. The molecule has 2 N–H and O–H groups in total. The number of carbonyl (C=O) groups is 2. The molecule has 0 unspecified atom stereocenters. The minimum atomic E-state index is -0.796. The summed E-state index contributed by atoms with van der Waals surface area (Å²) in [5.74, 6) is -0.192. The number of nitrogens with zero attached hydrogens (tertiary/aromatic N) is 2. The average Bonchev–Trinajstić information content (AvgIpc) is 3.46. The van der Waals surface area contributed by atoms with Gasteiger partial charge in [0.25, 0.3) is 5.91 Å². The van der Waals surface area contributed by atoms with Gasteiger partial charge in [-0.1, -0.05) is 48.5 Å². The van der Waals surface area contributed by atoms with Crippen molar-refractivity contribution in [1.82, 2.24) is 9.88 Å². The molecule has 2 aliphatic rings. The summed E-state index contributed by atoms with van der Waals surface area (Å²) in [5.41, 5.74) is 2.36. The summed E-state index contributed by atoms with van der Waals surface area (Å²) in [6.07, 6.45) is 0.574. The molecule has 5 rings (SSSR count). The Labute approximate surface area is 172 Å². The highest BCUT2D eigenvalue weighted by Gasteiger charge is 2.59. The molecule has 29 heavy (non-hydrogen) atoms. The Bertz CT molecular complexity index is 1100. The fraction of sp³-hybridized carbons (Fsp3) is 0.227. The molecule has 1 fully saturated rings. The third kappa shape index (κ3) is 2.57. The number of nitrogens with one attached hydrogen (secondary N) is 2. The van der Waals surface area contributed by atoms with Gasteiger partial charge >= 0.3 is 0 Å². The van der Waals surface area contributed by atoms with Crippen LogP contribution in [0.15, 0.2) is 60.0 Å². The summed E-state index contributed by atoms with van der Waals surface area (Å²) < 4.78 is 0. The fourth-order valence-electron chi connectivity index (χ4n) is 4.64. The van der Waals surface area contributed by atoms with Gasteiger partial charge in [-0.3, -0.25) is 9.59 Å². The summed E-state index contributed by atoms with van der Waals surface area (Å²) in [6.45, 7) is 0.493. The smallest absolute Gasteiger partial charge is 0.273 e. The van der Waals surface area contributed by atoms with E-state index in [1.807, 2.05) is 59.5 Å². The van der Waals surface area contributed by atoms with E-state index in [9.17, 15) is 9.59 Å². The summed E-state index contributed by atoms with van der Waals surface area (Å²) in [4.78, 5) is 33.0. The first-order valence-corrected chi connectivity index (χ1v) is 10.4. The second-order valence-corrected chi connectivity index (χ2v) is 8.18. The third-order valence-electron chi connectivity index (χ3n) is 5.90. The first-order valence-electron chi connectivity index (χ1n) is 9.55. The number of thiazole rings is 1. The van der Waals surface area contributed by atoms with Crippen molar-refractivity contribution in [3.8, 4) is 0 Å². The molecule has 1 aromatic heterocycles. The Kier molecular flexibility index (Phi) is 4.13. The van der Waals surface area contributed by atoms with Crippen molar-refractivity contribution in [1.29, 1.82) is 0 Å². The van der Waals surface area contributed by atoms with E-state index < -0.39 is 5.41 Å². The lowest BCUT2D eigenvalue weighted by atomic mass is 9.72. The Morgan fingerprint density at radius 3 is 2.72 bits per heavy atom. The van der Waals surface area contributed by atoms with Gasteiger partial charge in [-0.2, -0.15) is 0 Å². The minimum absolute atomic E-state index is 0.0444. The zero-order valence-electron chi connectivity index (χ0n) is 15.9. The van der Waals surface area contributed by atoms with Crippen LogP contribution in [0.4, 0.5) is 10.8 Å². The first-order chi connectivity index (χ1) is 14.1. The van der Waals surface area contributed by atoms with Crippen LogP contribution < -0.4 is 10.6 Å². The number of hydrogen-bond acceptors (Lipinski definition) is 5. The number of para-hydroxylation sites is 1. The molecule has 2 aliphatic heterocycles. The Morgan fingerprint density at radius 2 is 1.97 bits per heavy atom. The standard InChI is InChI=1S/C22H20N4O2S/c1-23-21-25-17(13-29-21)19(27)26-12-11-22(18(26)14-7-3-2-4-8-14)15-9-5-6-10-16(15)24-20(22)28/h2-10,13,18H,11-12H2,1H3,(H,23,25)(H,24,28)/t18-,22+/m0/s1. The lowest BCUT2D eigenvalue weighted by Gasteiger charge is -2.34. The van der Waals surface area contributed by atoms with Gasteiger partial charge in [0.05, 0.1) is 6.04 Å². The second kappa shape index (κ2) is 6.70. The summed E-state index contributed by atoms with van der Waals surface area (Å²) in [7, 11) is 1.78. The van der Waals surface area contributed by atoms with Crippen molar-refractivity contribution in [2.24, 2.45) is 0 Å². The van der Waals surface area contributed by atoms with Crippen molar-refractivity contribution in [3.63, 3.8) is 0 Å². The normalized spacial score (nSPS) is 22.6. The molecule has 3 aromatic rings. The Morgan fingerprint density at radius 1 is 1.21 bits per heavy atom. The molecule has 2 atom stereocenters. The maximum atomic E-state index is 13.4. The lowest BCUT2D eigenvalue weighted by Crippen LogP contribution is -2.42. The van der Waals surface area contributed by atoms with Crippen LogP contribution in [0.25, 0.3) is 0 Å². The second-order valence-electron chi connectivity index (χ2n) is 7.32. The Balaban J connectivity index is 1.64. The van der Waals surface area contributed by atoms with E-state index in [1.54, 1.807) is 12.4 Å². The quantitative estimate of drug-likeness (QED) is 0.699. The number of rotatable bonds is 3. The highest BCUT2D eigenvalue weighted by atomic mass is 32.1. The van der Waals surface area contributed by atoms with E-state index in [0.29, 0.717) is 23.8 Å². The molecule has 0 radical (unpaired) electrons. The van der Waals surface area contributed by atoms with Crippen molar-refractivity contribution in [3.05, 3.63) is 76.8 Å². The number of amides is 2. The van der Waals surface area contributed by atoms with Gasteiger partial charge in [-0.25, -0.2) is 4.98 Å². The number of benzene rings is 2. The third-order valence-corrected chi connectivity index (χ3v) is 6.76. The highest BCUT2D eigenvalue weighted by molar-refractivity contribution is 7.13. The number of anilines is 2. The molecule has 2 aromatic carbocycles. The van der Waals surface area contributed by atoms with Gasteiger partial charge in [0.1, 0.15) is 11.1 Å². The van der Waals surface area contributed by atoms with Gasteiger partial charge in [0.2, 0.25) is 5.91 Å². The molecule has 3 heterocycles. The van der Waals surface area contributed by atoms with Crippen LogP contribution in [-0.2, 0) is 10.2 Å². The van der Waals surface area contributed by atoms with E-state index >= 15 is 0 Å². The van der Waals surface area contributed by atoms with Crippen LogP contribution in [-0.4, -0.2) is 35.3 Å². The summed E-state index contributed by atoms with van der Waals surface area (Å²) in [6, 6.07) is 17.2. The van der Waals surface area contributed by atoms with Crippen LogP contribution in [0.3, 0.4) is 0 Å². The summed E-state index contributed by atoms with van der Waals surface area (Å²) >= 11 is 1.40. The van der Waals surface area contributed by atoms with Gasteiger partial charge in [-0.15, -0.1) is 11.3 Å². The van der Waals surface area contributed by atoms with Crippen LogP contribution in [0, 0.1) is 0 Å². The predicted molar refractivity (Wildman–Crippen MR) is 113 cm³/mol. The molecule has 1 saturated heterocycles. The number of fused-ring (bicyclic) bond motifs is 2. The van der Waals surface area contributed by atoms with Gasteiger partial charge in [0.15, 0.2) is 5.13 Å². The maximum absolute atomic E-state index is 13.4. The van der Waals surface area contributed by atoms with E-state index in [-0.39, 0.29) is 17.9 Å². The van der Waals surface area contributed by atoms with E-state index in [1.165, 1.54) is 11.3 Å². The van der Waals surface area contributed by atoms with Gasteiger partial charge in [0, 0.05) is 24.7 Å². The Hall–Kier alpha value is -3.19. The molecule has 1 spiro atoms. The molecule has 0 aliphatic carbocycles. The first kappa shape index (κ1) is 17.9. The van der Waals surface area contributed by atoms with Crippen molar-refractivity contribution in [2.75, 3.05) is 24.2 Å². The number of hydrogen-bond donors (Lipinski definition) is 2. The SMILES string of the molecule is CNc1nc(C(=O)N2CC[C@]3(C(=O)Nc4ccccc43)[C@@H]2c2ccccc2)cs1. The molecule has 0 saturated carbocycles. The minimum Gasteiger partial charge on any atom is -0.365 e. The number of aromatic nitrogens is 1. The monoisotopic (exact) mass is 404 g/mol. The van der Waals surface area contributed by atoms with Crippen molar-refractivity contribution in [2.45, 2.75) is 17.9 Å². The lowest BCUT2D eigenvalue weighted by molar-refractivity contribution is -0.121.